The average Bonchev–Trinajstić information content (AvgIpc) is 3.16. The van der Waals surface area contributed by atoms with Gasteiger partial charge in [-0.15, -0.1) is 0 Å². The summed E-state index contributed by atoms with van der Waals surface area (Å²) in [5, 5.41) is 14.8. The molecule has 3 nitrogen and oxygen atoms in total. The van der Waals surface area contributed by atoms with Gasteiger partial charge >= 0.3 is 0 Å². The van der Waals surface area contributed by atoms with Crippen LogP contribution < -0.4 is 5.32 Å². The van der Waals surface area contributed by atoms with Crippen LogP contribution in [0.2, 0.25) is 10.0 Å². The highest BCUT2D eigenvalue weighted by Gasteiger charge is 2.60. The van der Waals surface area contributed by atoms with E-state index < -0.39 is 5.41 Å². The molecule has 0 bridgehead atoms. The second-order valence-corrected chi connectivity index (χ2v) is 11.0. The van der Waals surface area contributed by atoms with Gasteiger partial charge < -0.3 is 10.4 Å². The third-order valence-electron chi connectivity index (χ3n) is 8.40. The van der Waals surface area contributed by atoms with E-state index in [9.17, 15) is 9.90 Å². The number of amides is 1. The monoisotopic (exact) mass is 507 g/mol. The molecule has 1 saturated carbocycles. The fraction of sp³-hybridized carbons (Fsp3) is 0.367. The Morgan fingerprint density at radius 2 is 1.77 bits per heavy atom. The number of hydrogen-bond acceptors (Lipinski definition) is 2. The van der Waals surface area contributed by atoms with Gasteiger partial charge in [-0.1, -0.05) is 84.2 Å². The predicted octanol–water partition coefficient (Wildman–Crippen LogP) is 7.13. The Hall–Kier alpha value is -2.33. The predicted molar refractivity (Wildman–Crippen MR) is 143 cm³/mol. The van der Waals surface area contributed by atoms with Crippen LogP contribution in [0.25, 0.3) is 11.1 Å². The molecule has 5 atom stereocenters. The molecule has 0 spiro atoms. The number of halogens is 2. The molecule has 1 aliphatic heterocycles. The summed E-state index contributed by atoms with van der Waals surface area (Å²) in [6, 6.07) is 22.5. The van der Waals surface area contributed by atoms with Crippen molar-refractivity contribution in [1.29, 1.82) is 0 Å². The topological polar surface area (TPSA) is 49.3 Å². The summed E-state index contributed by atoms with van der Waals surface area (Å²) < 4.78 is 0. The maximum absolute atomic E-state index is 13.2. The molecule has 5 rings (SSSR count). The van der Waals surface area contributed by atoms with E-state index in [0.29, 0.717) is 5.02 Å². The van der Waals surface area contributed by atoms with E-state index in [2.05, 4.69) is 73.8 Å². The molecule has 1 amide bonds. The summed E-state index contributed by atoms with van der Waals surface area (Å²) in [6.45, 7) is 4.11. The molecular weight excluding hydrogens is 477 g/mol. The lowest BCUT2D eigenvalue weighted by Crippen LogP contribution is -2.45. The number of aliphatic hydroxyl groups is 1. The van der Waals surface area contributed by atoms with Gasteiger partial charge in [-0.25, -0.2) is 0 Å². The maximum Gasteiger partial charge on any atom is 0.226 e. The minimum Gasteiger partial charge on any atom is -0.394 e. The van der Waals surface area contributed by atoms with Crippen LogP contribution in [-0.2, 0) is 4.79 Å². The Balaban J connectivity index is 1.61. The molecule has 1 heterocycles. The van der Waals surface area contributed by atoms with Gasteiger partial charge in [0.2, 0.25) is 5.91 Å². The molecule has 2 fully saturated rings. The number of hydrogen-bond donors (Lipinski definition) is 2. The van der Waals surface area contributed by atoms with Crippen molar-refractivity contribution >= 4 is 29.1 Å². The molecule has 2 N–H and O–H groups in total. The highest BCUT2D eigenvalue weighted by molar-refractivity contribution is 6.31. The Morgan fingerprint density at radius 3 is 2.43 bits per heavy atom. The number of aliphatic hydroxyl groups excluding tert-OH is 1. The van der Waals surface area contributed by atoms with Crippen LogP contribution in [0.3, 0.4) is 0 Å². The zero-order valence-electron chi connectivity index (χ0n) is 20.1. The Labute approximate surface area is 217 Å². The third kappa shape index (κ3) is 4.18. The number of benzene rings is 3. The minimum absolute atomic E-state index is 0.0272. The lowest BCUT2D eigenvalue weighted by molar-refractivity contribution is -0.131. The van der Waals surface area contributed by atoms with E-state index in [-0.39, 0.29) is 36.3 Å². The van der Waals surface area contributed by atoms with Gasteiger partial charge in [0.25, 0.3) is 0 Å². The molecule has 35 heavy (non-hydrogen) atoms. The lowest BCUT2D eigenvalue weighted by atomic mass is 9.54. The molecule has 3 aromatic rings. The molecule has 1 aliphatic carbocycles. The first kappa shape index (κ1) is 24.4. The second-order valence-electron chi connectivity index (χ2n) is 10.1. The number of carbonyl (C=O) groups excluding carboxylic acids is 1. The van der Waals surface area contributed by atoms with Crippen LogP contribution in [0.4, 0.5) is 0 Å². The van der Waals surface area contributed by atoms with Crippen molar-refractivity contribution in [2.24, 2.45) is 11.3 Å². The van der Waals surface area contributed by atoms with E-state index in [4.69, 9.17) is 23.2 Å². The lowest BCUT2D eigenvalue weighted by Gasteiger charge is -2.48. The fourth-order valence-electron chi connectivity index (χ4n) is 6.69. The highest BCUT2D eigenvalue weighted by Crippen LogP contribution is 2.60. The first-order valence-corrected chi connectivity index (χ1v) is 13.2. The summed E-state index contributed by atoms with van der Waals surface area (Å²) >= 11 is 13.2. The number of aryl methyl sites for hydroxylation is 1. The summed E-state index contributed by atoms with van der Waals surface area (Å²) in [6.07, 6.45) is 2.38. The van der Waals surface area contributed by atoms with Crippen LogP contribution in [-0.4, -0.2) is 23.7 Å². The van der Waals surface area contributed by atoms with E-state index in [0.717, 1.165) is 46.5 Å². The molecule has 3 aromatic carbocycles. The number of nitrogens with one attached hydrogen (secondary N) is 1. The molecule has 1 saturated heterocycles. The number of fused-ring (bicyclic) bond motifs is 1. The minimum atomic E-state index is -0.484. The second kappa shape index (κ2) is 9.61. The van der Waals surface area contributed by atoms with Crippen LogP contribution in [0.5, 0.6) is 0 Å². The standard InChI is InChI=1S/C30H31Cl2NO2/c1-3-30-14-13-24(23-12-9-21(16-25(23)32)20-6-4-5-18(2)15-20)27(19-7-10-22(31)11-8-19)28(30)26(17-34)33-29(30)35/h4-12,15-16,24,26-28,34H,3,13-14,17H2,1-2H3,(H,33,35)/t24-,26+,27?,28-,30+/m0/s1. The van der Waals surface area contributed by atoms with Gasteiger partial charge in [-0.05, 0) is 78.5 Å². The van der Waals surface area contributed by atoms with Crippen molar-refractivity contribution < 1.29 is 9.90 Å². The van der Waals surface area contributed by atoms with Crippen molar-refractivity contribution in [3.8, 4) is 11.1 Å². The Morgan fingerprint density at radius 1 is 1.03 bits per heavy atom. The van der Waals surface area contributed by atoms with Gasteiger partial charge in [0.05, 0.1) is 18.1 Å². The van der Waals surface area contributed by atoms with Gasteiger partial charge in [0, 0.05) is 16.0 Å². The van der Waals surface area contributed by atoms with Crippen LogP contribution in [0.1, 0.15) is 54.7 Å². The normalized spacial score (nSPS) is 28.0. The SMILES string of the molecule is CC[C@@]12CC[C@@H](c3ccc(-c4cccc(C)c4)cc3Cl)C(c3ccc(Cl)cc3)[C@@H]1[C@@H](CO)NC2=O. The third-order valence-corrected chi connectivity index (χ3v) is 8.98. The zero-order valence-corrected chi connectivity index (χ0v) is 21.6. The highest BCUT2D eigenvalue weighted by atomic mass is 35.5. The van der Waals surface area contributed by atoms with Crippen molar-refractivity contribution in [3.63, 3.8) is 0 Å². The average molecular weight is 508 g/mol. The quantitative estimate of drug-likeness (QED) is 0.385. The molecule has 5 heteroatoms. The van der Waals surface area contributed by atoms with Crippen molar-refractivity contribution in [2.45, 2.75) is 51.0 Å². The van der Waals surface area contributed by atoms with E-state index in [1.807, 2.05) is 12.1 Å². The molecular formula is C30H31Cl2NO2. The summed E-state index contributed by atoms with van der Waals surface area (Å²) in [5.41, 5.74) is 5.20. The zero-order chi connectivity index (χ0) is 24.7. The Bertz CT molecular complexity index is 1240. The fourth-order valence-corrected chi connectivity index (χ4v) is 7.14. The number of carbonyl (C=O) groups is 1. The Kier molecular flexibility index (Phi) is 6.69. The van der Waals surface area contributed by atoms with Gasteiger partial charge in [0.1, 0.15) is 0 Å². The summed E-state index contributed by atoms with van der Waals surface area (Å²) in [7, 11) is 0. The van der Waals surface area contributed by atoms with Crippen LogP contribution >= 0.6 is 23.2 Å². The van der Waals surface area contributed by atoms with E-state index in [1.54, 1.807) is 0 Å². The molecule has 0 aromatic heterocycles. The van der Waals surface area contributed by atoms with Crippen LogP contribution in [0.15, 0.2) is 66.7 Å². The summed E-state index contributed by atoms with van der Waals surface area (Å²) in [4.78, 5) is 13.2. The van der Waals surface area contributed by atoms with Crippen molar-refractivity contribution in [2.75, 3.05) is 6.61 Å². The van der Waals surface area contributed by atoms with E-state index >= 15 is 0 Å². The largest absolute Gasteiger partial charge is 0.394 e. The maximum atomic E-state index is 13.2. The summed E-state index contributed by atoms with van der Waals surface area (Å²) in [5.74, 6) is 0.195. The molecule has 0 radical (unpaired) electrons. The van der Waals surface area contributed by atoms with Crippen molar-refractivity contribution in [3.05, 3.63) is 93.5 Å². The molecule has 182 valence electrons. The van der Waals surface area contributed by atoms with Gasteiger partial charge in [-0.3, -0.25) is 4.79 Å². The van der Waals surface area contributed by atoms with E-state index in [1.165, 1.54) is 5.56 Å². The van der Waals surface area contributed by atoms with Crippen molar-refractivity contribution in [1.82, 2.24) is 5.32 Å². The number of rotatable bonds is 5. The molecule has 2 aliphatic rings. The van der Waals surface area contributed by atoms with Gasteiger partial charge in [0.15, 0.2) is 0 Å². The first-order valence-electron chi connectivity index (χ1n) is 12.4. The molecule has 1 unspecified atom stereocenters. The van der Waals surface area contributed by atoms with Crippen LogP contribution in [0, 0.1) is 18.3 Å². The van der Waals surface area contributed by atoms with Gasteiger partial charge in [-0.2, -0.15) is 0 Å². The first-order chi connectivity index (χ1) is 16.9. The smallest absolute Gasteiger partial charge is 0.226 e.